The summed E-state index contributed by atoms with van der Waals surface area (Å²) in [7, 11) is 0. The van der Waals surface area contributed by atoms with Crippen LogP contribution in [0.5, 0.6) is 0 Å². The number of carbonyl (C=O) groups excluding carboxylic acids is 1. The molecule has 0 bridgehead atoms. The standard InChI is InChI=1S/C24H19F3N2O2/c25-17-7-5-6-16(12-17)14-29(24(30)20-9-2-4-11-22(20)27)15-18-13-23(28-31-18)19-8-1-3-10-21(19)26/h1-12,18H,13-15H2/t18-/m0/s1. The Hall–Kier alpha value is -3.61. The van der Waals surface area contributed by atoms with E-state index in [4.69, 9.17) is 4.84 Å². The van der Waals surface area contributed by atoms with Crippen molar-refractivity contribution in [3.8, 4) is 0 Å². The van der Waals surface area contributed by atoms with E-state index < -0.39 is 29.5 Å². The van der Waals surface area contributed by atoms with E-state index in [1.165, 1.54) is 41.3 Å². The van der Waals surface area contributed by atoms with E-state index in [1.54, 1.807) is 36.4 Å². The molecule has 31 heavy (non-hydrogen) atoms. The third-order valence-corrected chi connectivity index (χ3v) is 5.00. The zero-order valence-corrected chi connectivity index (χ0v) is 16.5. The Morgan fingerprint density at radius 3 is 2.45 bits per heavy atom. The number of carbonyl (C=O) groups is 1. The lowest BCUT2D eigenvalue weighted by atomic mass is 10.0. The van der Waals surface area contributed by atoms with Crippen molar-refractivity contribution < 1.29 is 22.8 Å². The Morgan fingerprint density at radius 2 is 1.71 bits per heavy atom. The molecule has 1 heterocycles. The van der Waals surface area contributed by atoms with Crippen molar-refractivity contribution in [2.24, 2.45) is 5.16 Å². The van der Waals surface area contributed by atoms with Crippen molar-refractivity contribution in [2.45, 2.75) is 19.1 Å². The van der Waals surface area contributed by atoms with Crippen molar-refractivity contribution in [2.75, 3.05) is 6.54 Å². The van der Waals surface area contributed by atoms with Crippen molar-refractivity contribution in [1.82, 2.24) is 4.90 Å². The molecule has 0 fully saturated rings. The van der Waals surface area contributed by atoms with E-state index in [-0.39, 0.29) is 25.1 Å². The SMILES string of the molecule is O=C(c1ccccc1F)N(Cc1cccc(F)c1)C[C@@H]1CC(c2ccccc2F)=NO1. The number of hydrogen-bond donors (Lipinski definition) is 0. The Labute approximate surface area is 177 Å². The first-order valence-corrected chi connectivity index (χ1v) is 9.77. The summed E-state index contributed by atoms with van der Waals surface area (Å²) in [5, 5.41) is 3.98. The highest BCUT2D eigenvalue weighted by Gasteiger charge is 2.29. The van der Waals surface area contributed by atoms with Gasteiger partial charge >= 0.3 is 0 Å². The van der Waals surface area contributed by atoms with E-state index >= 15 is 0 Å². The van der Waals surface area contributed by atoms with Gasteiger partial charge in [0, 0.05) is 18.5 Å². The van der Waals surface area contributed by atoms with E-state index in [0.717, 1.165) is 0 Å². The molecule has 0 spiro atoms. The van der Waals surface area contributed by atoms with Gasteiger partial charge in [-0.05, 0) is 35.9 Å². The molecule has 158 valence electrons. The molecule has 4 rings (SSSR count). The van der Waals surface area contributed by atoms with Crippen LogP contribution >= 0.6 is 0 Å². The van der Waals surface area contributed by atoms with E-state index in [9.17, 15) is 18.0 Å². The van der Waals surface area contributed by atoms with E-state index in [2.05, 4.69) is 5.16 Å². The zero-order chi connectivity index (χ0) is 21.8. The number of halogens is 3. The normalized spacial score (nSPS) is 15.3. The fourth-order valence-electron chi connectivity index (χ4n) is 3.51. The number of rotatable bonds is 6. The zero-order valence-electron chi connectivity index (χ0n) is 16.5. The summed E-state index contributed by atoms with van der Waals surface area (Å²) in [4.78, 5) is 19.9. The second kappa shape index (κ2) is 9.04. The number of oxime groups is 1. The molecule has 0 radical (unpaired) electrons. The third-order valence-electron chi connectivity index (χ3n) is 5.00. The maximum absolute atomic E-state index is 14.2. The largest absolute Gasteiger partial charge is 0.390 e. The van der Waals surface area contributed by atoms with Crippen LogP contribution in [-0.4, -0.2) is 29.2 Å². The lowest BCUT2D eigenvalue weighted by molar-refractivity contribution is 0.0402. The van der Waals surface area contributed by atoms with Gasteiger partial charge in [-0.1, -0.05) is 47.6 Å². The van der Waals surface area contributed by atoms with E-state index in [1.807, 2.05) is 0 Å². The minimum absolute atomic E-state index is 0.0554. The van der Waals surface area contributed by atoms with Gasteiger partial charge in [0.1, 0.15) is 17.5 Å². The van der Waals surface area contributed by atoms with Crippen molar-refractivity contribution in [3.63, 3.8) is 0 Å². The average molecular weight is 424 g/mol. The molecule has 3 aromatic carbocycles. The predicted molar refractivity (Wildman–Crippen MR) is 110 cm³/mol. The Bertz CT molecular complexity index is 1130. The first kappa shape index (κ1) is 20.7. The van der Waals surface area contributed by atoms with Crippen molar-refractivity contribution >= 4 is 11.6 Å². The monoisotopic (exact) mass is 424 g/mol. The van der Waals surface area contributed by atoms with Crippen LogP contribution in [0.15, 0.2) is 78.0 Å². The van der Waals surface area contributed by atoms with Gasteiger partial charge in [-0.2, -0.15) is 0 Å². The second-order valence-electron chi connectivity index (χ2n) is 7.24. The number of hydrogen-bond acceptors (Lipinski definition) is 3. The maximum Gasteiger partial charge on any atom is 0.257 e. The van der Waals surface area contributed by atoms with Crippen LogP contribution in [0.25, 0.3) is 0 Å². The molecule has 1 atom stereocenters. The van der Waals surface area contributed by atoms with Crippen molar-refractivity contribution in [3.05, 3.63) is 107 Å². The van der Waals surface area contributed by atoms with Crippen molar-refractivity contribution in [1.29, 1.82) is 0 Å². The quantitative estimate of drug-likeness (QED) is 0.563. The minimum Gasteiger partial charge on any atom is -0.390 e. The molecular weight excluding hydrogens is 405 g/mol. The molecule has 1 aliphatic heterocycles. The lowest BCUT2D eigenvalue weighted by Gasteiger charge is -2.25. The smallest absolute Gasteiger partial charge is 0.257 e. The highest BCUT2D eigenvalue weighted by atomic mass is 19.1. The van der Waals surface area contributed by atoms with Gasteiger partial charge in [0.15, 0.2) is 6.10 Å². The summed E-state index contributed by atoms with van der Waals surface area (Å²) in [6.07, 6.45) is -0.260. The summed E-state index contributed by atoms with van der Waals surface area (Å²) in [5.74, 6) is -2.04. The molecule has 0 unspecified atom stereocenters. The second-order valence-corrected chi connectivity index (χ2v) is 7.24. The summed E-state index contributed by atoms with van der Waals surface area (Å²) in [6, 6.07) is 17.7. The molecular formula is C24H19F3N2O2. The highest BCUT2D eigenvalue weighted by Crippen LogP contribution is 2.22. The third kappa shape index (κ3) is 4.77. The fourth-order valence-corrected chi connectivity index (χ4v) is 3.51. The summed E-state index contributed by atoms with van der Waals surface area (Å²) >= 11 is 0. The predicted octanol–water partition coefficient (Wildman–Crippen LogP) is 4.94. The van der Waals surface area contributed by atoms with Gasteiger partial charge in [0.2, 0.25) is 0 Å². The lowest BCUT2D eigenvalue weighted by Crippen LogP contribution is -2.37. The van der Waals surface area contributed by atoms with Gasteiger partial charge in [-0.3, -0.25) is 4.79 Å². The topological polar surface area (TPSA) is 41.9 Å². The fraction of sp³-hybridized carbons (Fsp3) is 0.167. The maximum atomic E-state index is 14.2. The minimum atomic E-state index is -0.646. The number of amides is 1. The van der Waals surface area contributed by atoms with Crippen LogP contribution in [0.3, 0.4) is 0 Å². The molecule has 0 aliphatic carbocycles. The summed E-state index contributed by atoms with van der Waals surface area (Å²) in [6.45, 7) is 0.130. The molecule has 7 heteroatoms. The molecule has 1 aliphatic rings. The Morgan fingerprint density at radius 1 is 0.968 bits per heavy atom. The van der Waals surface area contributed by atoms with Gasteiger partial charge in [-0.25, -0.2) is 13.2 Å². The molecule has 3 aromatic rings. The molecule has 4 nitrogen and oxygen atoms in total. The summed E-state index contributed by atoms with van der Waals surface area (Å²) in [5.41, 5.74) is 1.24. The first-order valence-electron chi connectivity index (χ1n) is 9.77. The van der Waals surface area contributed by atoms with Gasteiger partial charge in [0.25, 0.3) is 5.91 Å². The molecule has 0 N–H and O–H groups in total. The van der Waals surface area contributed by atoms with Crippen LogP contribution < -0.4 is 0 Å². The van der Waals surface area contributed by atoms with E-state index in [0.29, 0.717) is 16.8 Å². The molecule has 0 aromatic heterocycles. The average Bonchev–Trinajstić information content (AvgIpc) is 3.22. The summed E-state index contributed by atoms with van der Waals surface area (Å²) < 4.78 is 42.0. The van der Waals surface area contributed by atoms with Gasteiger partial charge in [0.05, 0.1) is 17.8 Å². The van der Waals surface area contributed by atoms with Crippen LogP contribution in [0.4, 0.5) is 13.2 Å². The molecule has 0 saturated heterocycles. The first-order chi connectivity index (χ1) is 15.0. The van der Waals surface area contributed by atoms with Crippen LogP contribution in [-0.2, 0) is 11.4 Å². The molecule has 1 amide bonds. The molecule has 0 saturated carbocycles. The van der Waals surface area contributed by atoms with Crippen LogP contribution in [0.2, 0.25) is 0 Å². The number of nitrogens with zero attached hydrogens (tertiary/aromatic N) is 2. The van der Waals surface area contributed by atoms with Gasteiger partial charge < -0.3 is 9.74 Å². The Balaban J connectivity index is 1.54. The Kier molecular flexibility index (Phi) is 6.02. The highest BCUT2D eigenvalue weighted by molar-refractivity contribution is 6.01. The number of benzene rings is 3. The van der Waals surface area contributed by atoms with Crippen LogP contribution in [0.1, 0.15) is 27.9 Å². The van der Waals surface area contributed by atoms with Crippen LogP contribution in [0, 0.1) is 17.5 Å². The van der Waals surface area contributed by atoms with Gasteiger partial charge in [-0.15, -0.1) is 0 Å².